The number of hydrogen-bond acceptors (Lipinski definition) is 3. The van der Waals surface area contributed by atoms with Crippen molar-refractivity contribution < 1.29 is 14.7 Å². The number of nitrogens with one attached hydrogen (secondary N) is 1. The van der Waals surface area contributed by atoms with E-state index in [2.05, 4.69) is 5.32 Å². The third-order valence-electron chi connectivity index (χ3n) is 3.42. The van der Waals surface area contributed by atoms with Gasteiger partial charge < -0.3 is 10.4 Å². The summed E-state index contributed by atoms with van der Waals surface area (Å²) in [5.74, 6) is -1.44. The number of likely N-dealkylation sites (tertiary alicyclic amines) is 1. The highest BCUT2D eigenvalue weighted by Gasteiger charge is 2.26. The van der Waals surface area contributed by atoms with Crippen LogP contribution in [-0.2, 0) is 9.59 Å². The number of amides is 1. The molecule has 5 nitrogen and oxygen atoms in total. The van der Waals surface area contributed by atoms with Gasteiger partial charge in [0.05, 0.1) is 23.2 Å². The van der Waals surface area contributed by atoms with Gasteiger partial charge in [-0.2, -0.15) is 0 Å². The first-order valence-electron chi connectivity index (χ1n) is 6.66. The fourth-order valence-corrected chi connectivity index (χ4v) is 2.72. The van der Waals surface area contributed by atoms with Crippen LogP contribution in [0.3, 0.4) is 0 Å². The maximum absolute atomic E-state index is 12.0. The summed E-state index contributed by atoms with van der Waals surface area (Å²) in [7, 11) is 0. The molecular formula is C14H16Cl2N2O3. The fourth-order valence-electron chi connectivity index (χ4n) is 2.39. The van der Waals surface area contributed by atoms with Gasteiger partial charge in [0.15, 0.2) is 0 Å². The number of benzene rings is 1. The molecule has 1 aliphatic rings. The Morgan fingerprint density at radius 2 is 2.14 bits per heavy atom. The van der Waals surface area contributed by atoms with E-state index in [4.69, 9.17) is 28.3 Å². The largest absolute Gasteiger partial charge is 0.481 e. The zero-order valence-corrected chi connectivity index (χ0v) is 12.8. The summed E-state index contributed by atoms with van der Waals surface area (Å²) in [5.41, 5.74) is 0.459. The zero-order chi connectivity index (χ0) is 15.4. The van der Waals surface area contributed by atoms with Crippen LogP contribution in [0.2, 0.25) is 10.0 Å². The lowest BCUT2D eigenvalue weighted by molar-refractivity contribution is -0.144. The minimum Gasteiger partial charge on any atom is -0.481 e. The minimum absolute atomic E-state index is 0.145. The predicted octanol–water partition coefficient (Wildman–Crippen LogP) is 2.73. The highest BCUT2D eigenvalue weighted by molar-refractivity contribution is 6.35. The number of hydrogen-bond donors (Lipinski definition) is 2. The van der Waals surface area contributed by atoms with E-state index in [-0.39, 0.29) is 12.5 Å². The van der Waals surface area contributed by atoms with E-state index in [0.29, 0.717) is 28.7 Å². The lowest BCUT2D eigenvalue weighted by Crippen LogP contribution is -2.42. The molecule has 1 atom stereocenters. The van der Waals surface area contributed by atoms with Crippen molar-refractivity contribution in [2.45, 2.75) is 12.8 Å². The second-order valence-corrected chi connectivity index (χ2v) is 5.93. The van der Waals surface area contributed by atoms with Gasteiger partial charge in [-0.15, -0.1) is 0 Å². The fraction of sp³-hybridized carbons (Fsp3) is 0.429. The van der Waals surface area contributed by atoms with E-state index in [1.807, 2.05) is 4.90 Å². The summed E-state index contributed by atoms with van der Waals surface area (Å²) in [5, 5.41) is 12.6. The molecule has 2 N–H and O–H groups in total. The molecule has 1 aromatic carbocycles. The van der Waals surface area contributed by atoms with Crippen molar-refractivity contribution in [3.05, 3.63) is 28.2 Å². The molecule has 1 aromatic rings. The third kappa shape index (κ3) is 4.59. The average Bonchev–Trinajstić information content (AvgIpc) is 2.43. The van der Waals surface area contributed by atoms with E-state index in [1.54, 1.807) is 18.2 Å². The van der Waals surface area contributed by atoms with Crippen LogP contribution in [0.15, 0.2) is 18.2 Å². The number of carboxylic acids is 1. The van der Waals surface area contributed by atoms with Crippen LogP contribution in [-0.4, -0.2) is 41.5 Å². The lowest BCUT2D eigenvalue weighted by Gasteiger charge is -2.29. The van der Waals surface area contributed by atoms with Gasteiger partial charge in [0.1, 0.15) is 0 Å². The van der Waals surface area contributed by atoms with E-state index < -0.39 is 11.9 Å². The molecule has 0 saturated carbocycles. The second-order valence-electron chi connectivity index (χ2n) is 5.08. The van der Waals surface area contributed by atoms with Crippen molar-refractivity contribution in [3.8, 4) is 0 Å². The van der Waals surface area contributed by atoms with E-state index in [0.717, 1.165) is 13.0 Å². The summed E-state index contributed by atoms with van der Waals surface area (Å²) in [6.45, 7) is 1.26. The Hall–Kier alpha value is -1.30. The number of halogens is 2. The van der Waals surface area contributed by atoms with Gasteiger partial charge in [0.25, 0.3) is 0 Å². The Labute approximate surface area is 132 Å². The maximum atomic E-state index is 12.0. The highest BCUT2D eigenvalue weighted by Crippen LogP contribution is 2.25. The van der Waals surface area contributed by atoms with Crippen LogP contribution in [0.4, 0.5) is 5.69 Å². The van der Waals surface area contributed by atoms with E-state index in [1.165, 1.54) is 0 Å². The minimum atomic E-state index is -0.807. The van der Waals surface area contributed by atoms with Crippen LogP contribution in [0, 0.1) is 5.92 Å². The van der Waals surface area contributed by atoms with Crippen LogP contribution in [0.25, 0.3) is 0 Å². The molecular weight excluding hydrogens is 315 g/mol. The number of piperidine rings is 1. The van der Waals surface area contributed by atoms with Gasteiger partial charge in [0.2, 0.25) is 5.91 Å². The molecule has 0 aliphatic carbocycles. The zero-order valence-electron chi connectivity index (χ0n) is 11.3. The SMILES string of the molecule is O=C(CN1CCCC(C(=O)O)C1)Nc1cc(Cl)ccc1Cl. The van der Waals surface area contributed by atoms with Crippen molar-refractivity contribution in [2.75, 3.05) is 25.0 Å². The van der Waals surface area contributed by atoms with Crippen LogP contribution >= 0.6 is 23.2 Å². The molecule has 0 spiro atoms. The summed E-state index contributed by atoms with van der Waals surface area (Å²) in [6.07, 6.45) is 1.44. The molecule has 1 fully saturated rings. The topological polar surface area (TPSA) is 69.6 Å². The molecule has 0 bridgehead atoms. The van der Waals surface area contributed by atoms with Crippen molar-refractivity contribution >= 4 is 40.8 Å². The first-order valence-corrected chi connectivity index (χ1v) is 7.41. The Balaban J connectivity index is 1.92. The van der Waals surface area contributed by atoms with Crippen molar-refractivity contribution in [2.24, 2.45) is 5.92 Å². The maximum Gasteiger partial charge on any atom is 0.307 e. The van der Waals surface area contributed by atoms with Gasteiger partial charge in [0, 0.05) is 11.6 Å². The normalized spacial score (nSPS) is 19.2. The molecule has 0 aromatic heterocycles. The van der Waals surface area contributed by atoms with Crippen LogP contribution in [0.1, 0.15) is 12.8 Å². The Kier molecular flexibility index (Phi) is 5.45. The number of rotatable bonds is 4. The van der Waals surface area contributed by atoms with Crippen molar-refractivity contribution in [3.63, 3.8) is 0 Å². The molecule has 1 heterocycles. The number of carboxylic acid groups (broad SMARTS) is 1. The first kappa shape index (κ1) is 16.1. The molecule has 21 heavy (non-hydrogen) atoms. The predicted molar refractivity (Wildman–Crippen MR) is 81.9 cm³/mol. The molecule has 1 saturated heterocycles. The Bertz CT molecular complexity index is 551. The molecule has 1 unspecified atom stereocenters. The van der Waals surface area contributed by atoms with Crippen molar-refractivity contribution in [1.82, 2.24) is 4.90 Å². The number of aliphatic carboxylic acids is 1. The summed E-state index contributed by atoms with van der Waals surface area (Å²) in [4.78, 5) is 24.9. The molecule has 114 valence electrons. The lowest BCUT2D eigenvalue weighted by atomic mass is 9.98. The quantitative estimate of drug-likeness (QED) is 0.890. The number of carbonyl (C=O) groups is 2. The van der Waals surface area contributed by atoms with Gasteiger partial charge in [-0.3, -0.25) is 14.5 Å². The van der Waals surface area contributed by atoms with Gasteiger partial charge >= 0.3 is 5.97 Å². The smallest absolute Gasteiger partial charge is 0.307 e. The van der Waals surface area contributed by atoms with E-state index in [9.17, 15) is 9.59 Å². The summed E-state index contributed by atoms with van der Waals surface area (Å²) in [6, 6.07) is 4.83. The molecule has 0 radical (unpaired) electrons. The number of nitrogens with zero attached hydrogens (tertiary/aromatic N) is 1. The van der Waals surface area contributed by atoms with Crippen LogP contribution in [0.5, 0.6) is 0 Å². The molecule has 1 aliphatic heterocycles. The van der Waals surface area contributed by atoms with Crippen molar-refractivity contribution in [1.29, 1.82) is 0 Å². The van der Waals surface area contributed by atoms with E-state index >= 15 is 0 Å². The third-order valence-corrected chi connectivity index (χ3v) is 3.99. The molecule has 7 heteroatoms. The summed E-state index contributed by atoms with van der Waals surface area (Å²) < 4.78 is 0. The van der Waals surface area contributed by atoms with Crippen LogP contribution < -0.4 is 5.32 Å². The molecule has 2 rings (SSSR count). The monoisotopic (exact) mass is 330 g/mol. The molecule has 1 amide bonds. The first-order chi connectivity index (χ1) is 9.95. The standard InChI is InChI=1S/C14H16Cl2N2O3/c15-10-3-4-11(16)12(6-10)17-13(19)8-18-5-1-2-9(7-18)14(20)21/h3-4,6,9H,1-2,5,7-8H2,(H,17,19)(H,20,21). The number of anilines is 1. The number of carbonyl (C=O) groups excluding carboxylic acids is 1. The van der Waals surface area contributed by atoms with Gasteiger partial charge in [-0.25, -0.2) is 0 Å². The van der Waals surface area contributed by atoms with Gasteiger partial charge in [-0.1, -0.05) is 23.2 Å². The average molecular weight is 331 g/mol. The highest BCUT2D eigenvalue weighted by atomic mass is 35.5. The Morgan fingerprint density at radius 3 is 2.86 bits per heavy atom. The van der Waals surface area contributed by atoms with Gasteiger partial charge in [-0.05, 0) is 37.6 Å². The second kappa shape index (κ2) is 7.11. The Morgan fingerprint density at radius 1 is 1.38 bits per heavy atom. The summed E-state index contributed by atoms with van der Waals surface area (Å²) >= 11 is 11.8.